The van der Waals surface area contributed by atoms with Crippen molar-refractivity contribution in [3.63, 3.8) is 0 Å². The van der Waals surface area contributed by atoms with Crippen molar-refractivity contribution in [2.75, 3.05) is 52.5 Å². The predicted octanol–water partition coefficient (Wildman–Crippen LogP) is -4.15. The SMILES string of the molecule is O=C([O-])NCCN(CCO)CCN(CCO)C(=O)[O-]. The summed E-state index contributed by atoms with van der Waals surface area (Å²) in [6, 6.07) is 0. The Kier molecular flexibility index (Phi) is 9.49. The van der Waals surface area contributed by atoms with E-state index in [2.05, 4.69) is 5.32 Å². The number of carbonyl (C=O) groups excluding carboxylic acids is 2. The minimum atomic E-state index is -1.39. The zero-order valence-corrected chi connectivity index (χ0v) is 10.6. The zero-order chi connectivity index (χ0) is 14.7. The van der Waals surface area contributed by atoms with Crippen LogP contribution in [0.2, 0.25) is 0 Å². The molecule has 9 heteroatoms. The first kappa shape index (κ1) is 17.4. The summed E-state index contributed by atoms with van der Waals surface area (Å²) in [5.74, 6) is 0. The van der Waals surface area contributed by atoms with Gasteiger partial charge in [-0.25, -0.2) is 0 Å². The topological polar surface area (TPSA) is 139 Å². The molecule has 0 bridgehead atoms. The first-order chi connectivity index (χ1) is 9.01. The molecule has 9 nitrogen and oxygen atoms in total. The van der Waals surface area contributed by atoms with Gasteiger partial charge in [-0.05, 0) is 0 Å². The van der Waals surface area contributed by atoms with E-state index in [1.165, 1.54) is 0 Å². The summed E-state index contributed by atoms with van der Waals surface area (Å²) in [7, 11) is 0. The minimum absolute atomic E-state index is 0.0490. The molecule has 0 aliphatic heterocycles. The van der Waals surface area contributed by atoms with E-state index in [-0.39, 0.29) is 39.4 Å². The Balaban J connectivity index is 4.09. The van der Waals surface area contributed by atoms with Crippen molar-refractivity contribution in [2.45, 2.75) is 0 Å². The number of hydrogen-bond donors (Lipinski definition) is 3. The number of rotatable bonds is 10. The van der Waals surface area contributed by atoms with E-state index in [9.17, 15) is 19.8 Å². The van der Waals surface area contributed by atoms with Gasteiger partial charge >= 0.3 is 0 Å². The summed E-state index contributed by atoms with van der Waals surface area (Å²) < 4.78 is 0. The number of nitrogens with zero attached hydrogens (tertiary/aromatic N) is 2. The van der Waals surface area contributed by atoms with Gasteiger partial charge in [0.1, 0.15) is 12.2 Å². The van der Waals surface area contributed by atoms with Crippen LogP contribution in [0, 0.1) is 0 Å². The van der Waals surface area contributed by atoms with E-state index in [0.29, 0.717) is 13.1 Å². The third-order valence-corrected chi connectivity index (χ3v) is 2.43. The molecule has 0 saturated carbocycles. The summed E-state index contributed by atoms with van der Waals surface area (Å²) >= 11 is 0. The summed E-state index contributed by atoms with van der Waals surface area (Å²) in [5.41, 5.74) is 0. The molecule has 0 heterocycles. The van der Waals surface area contributed by atoms with Crippen molar-refractivity contribution in [1.82, 2.24) is 15.1 Å². The van der Waals surface area contributed by atoms with Crippen molar-refractivity contribution < 1.29 is 30.0 Å². The van der Waals surface area contributed by atoms with E-state index < -0.39 is 12.2 Å². The lowest BCUT2D eigenvalue weighted by Gasteiger charge is -2.28. The Bertz CT molecular complexity index is 276. The van der Waals surface area contributed by atoms with Crippen molar-refractivity contribution in [3.8, 4) is 0 Å². The molecule has 0 aromatic heterocycles. The van der Waals surface area contributed by atoms with Crippen LogP contribution in [-0.2, 0) is 0 Å². The third kappa shape index (κ3) is 9.05. The molecule has 3 N–H and O–H groups in total. The van der Waals surface area contributed by atoms with Crippen LogP contribution in [0.5, 0.6) is 0 Å². The highest BCUT2D eigenvalue weighted by Crippen LogP contribution is 1.92. The van der Waals surface area contributed by atoms with Gasteiger partial charge in [-0.1, -0.05) is 0 Å². The molecule has 0 atom stereocenters. The highest BCUT2D eigenvalue weighted by molar-refractivity contribution is 5.62. The third-order valence-electron chi connectivity index (χ3n) is 2.43. The molecule has 2 amide bonds. The van der Waals surface area contributed by atoms with Gasteiger partial charge in [0.2, 0.25) is 0 Å². The lowest BCUT2D eigenvalue weighted by atomic mass is 10.4. The molecule has 0 spiro atoms. The lowest BCUT2D eigenvalue weighted by molar-refractivity contribution is -0.266. The Labute approximate surface area is 111 Å². The molecule has 19 heavy (non-hydrogen) atoms. The van der Waals surface area contributed by atoms with Crippen LogP contribution in [0.3, 0.4) is 0 Å². The summed E-state index contributed by atoms with van der Waals surface area (Å²) in [5, 5.41) is 40.5. The number of carbonyl (C=O) groups is 2. The predicted molar refractivity (Wildman–Crippen MR) is 61.0 cm³/mol. The zero-order valence-electron chi connectivity index (χ0n) is 10.6. The molecular formula is C10H19N3O6-2. The standard InChI is InChI=1S/C10H21N3O6/c14-7-5-12(2-1-11-9(16)17)3-4-13(6-8-15)10(18)19/h11,14-15H,1-8H2,(H,16,17)(H,18,19)/p-2. The second-order valence-electron chi connectivity index (χ2n) is 3.76. The molecule has 0 unspecified atom stereocenters. The van der Waals surface area contributed by atoms with Gasteiger partial charge in [-0.3, -0.25) is 4.90 Å². The largest absolute Gasteiger partial charge is 0.530 e. The van der Waals surface area contributed by atoms with Crippen LogP contribution in [0.4, 0.5) is 9.59 Å². The van der Waals surface area contributed by atoms with Crippen LogP contribution in [-0.4, -0.2) is 84.7 Å². The van der Waals surface area contributed by atoms with Crippen molar-refractivity contribution in [2.24, 2.45) is 0 Å². The van der Waals surface area contributed by atoms with E-state index in [0.717, 1.165) is 4.90 Å². The number of hydrogen-bond acceptors (Lipinski definition) is 7. The molecule has 0 aliphatic carbocycles. The average molecular weight is 277 g/mol. The minimum Gasteiger partial charge on any atom is -0.530 e. The molecule has 0 radical (unpaired) electrons. The van der Waals surface area contributed by atoms with Gasteiger partial charge in [0, 0.05) is 39.3 Å². The normalized spacial score (nSPS) is 10.5. The summed E-state index contributed by atoms with van der Waals surface area (Å²) in [4.78, 5) is 23.5. The van der Waals surface area contributed by atoms with Gasteiger partial charge in [0.25, 0.3) is 0 Å². The van der Waals surface area contributed by atoms with Crippen LogP contribution in [0.25, 0.3) is 0 Å². The van der Waals surface area contributed by atoms with Gasteiger partial charge in [0.05, 0.1) is 13.2 Å². The average Bonchev–Trinajstić information content (AvgIpc) is 2.33. The van der Waals surface area contributed by atoms with Gasteiger partial charge < -0.3 is 40.2 Å². The second kappa shape index (κ2) is 10.4. The first-order valence-corrected chi connectivity index (χ1v) is 5.86. The van der Waals surface area contributed by atoms with Crippen LogP contribution >= 0.6 is 0 Å². The molecular weight excluding hydrogens is 258 g/mol. The molecule has 0 saturated heterocycles. The molecule has 0 aromatic rings. The number of carboxylic acid groups (broad SMARTS) is 2. The molecule has 0 fully saturated rings. The second-order valence-corrected chi connectivity index (χ2v) is 3.76. The maximum absolute atomic E-state index is 10.7. The van der Waals surface area contributed by atoms with Gasteiger partial charge in [0.15, 0.2) is 0 Å². The highest BCUT2D eigenvalue weighted by atomic mass is 16.4. The van der Waals surface area contributed by atoms with E-state index in [4.69, 9.17) is 10.2 Å². The smallest absolute Gasteiger partial charge is 0.137 e. The Morgan fingerprint density at radius 2 is 1.58 bits per heavy atom. The number of aliphatic hydroxyl groups excluding tert-OH is 2. The van der Waals surface area contributed by atoms with Gasteiger partial charge in [-0.2, -0.15) is 0 Å². The molecule has 0 aliphatic rings. The fourth-order valence-corrected chi connectivity index (χ4v) is 1.47. The van der Waals surface area contributed by atoms with Crippen LogP contribution in [0.15, 0.2) is 0 Å². The number of aliphatic hydroxyl groups is 2. The lowest BCUT2D eigenvalue weighted by Crippen LogP contribution is -2.48. The highest BCUT2D eigenvalue weighted by Gasteiger charge is 2.08. The van der Waals surface area contributed by atoms with E-state index in [1.54, 1.807) is 4.90 Å². The van der Waals surface area contributed by atoms with Crippen LogP contribution in [0.1, 0.15) is 0 Å². The maximum atomic E-state index is 10.7. The Hall–Kier alpha value is -1.58. The molecule has 0 aromatic carbocycles. The molecule has 112 valence electrons. The van der Waals surface area contributed by atoms with Crippen molar-refractivity contribution >= 4 is 12.2 Å². The first-order valence-electron chi connectivity index (χ1n) is 5.86. The maximum Gasteiger partial charge on any atom is 0.137 e. The summed E-state index contributed by atoms with van der Waals surface area (Å²) in [6.45, 7) is 0.637. The van der Waals surface area contributed by atoms with Gasteiger partial charge in [-0.15, -0.1) is 0 Å². The fraction of sp³-hybridized carbons (Fsp3) is 0.800. The quantitative estimate of drug-likeness (QED) is 0.368. The fourth-order valence-electron chi connectivity index (χ4n) is 1.47. The molecule has 0 rings (SSSR count). The Morgan fingerprint density at radius 1 is 0.947 bits per heavy atom. The number of amides is 2. The van der Waals surface area contributed by atoms with Crippen LogP contribution < -0.4 is 15.5 Å². The van der Waals surface area contributed by atoms with E-state index >= 15 is 0 Å². The van der Waals surface area contributed by atoms with Crippen molar-refractivity contribution in [3.05, 3.63) is 0 Å². The van der Waals surface area contributed by atoms with E-state index in [1.807, 2.05) is 0 Å². The summed E-state index contributed by atoms with van der Waals surface area (Å²) in [6.07, 6.45) is -2.77. The Morgan fingerprint density at radius 3 is 2.05 bits per heavy atom. The van der Waals surface area contributed by atoms with Crippen molar-refractivity contribution in [1.29, 1.82) is 0 Å². The monoisotopic (exact) mass is 277 g/mol. The number of nitrogens with one attached hydrogen (secondary N) is 1.